The van der Waals surface area contributed by atoms with Gasteiger partial charge in [-0.2, -0.15) is 8.78 Å². The number of nitrogens with one attached hydrogen (secondary N) is 2. The van der Waals surface area contributed by atoms with E-state index in [9.17, 15) is 8.78 Å². The van der Waals surface area contributed by atoms with Gasteiger partial charge in [0.1, 0.15) is 11.5 Å². The van der Waals surface area contributed by atoms with Crippen LogP contribution in [0, 0.1) is 0 Å². The SMILES string of the molecule is CCNC(=NCc1ccc(OC)cc1OC(F)F)NCc1csc(N(C)C)n1.I. The summed E-state index contributed by atoms with van der Waals surface area (Å²) in [4.78, 5) is 10.9. The first-order valence-electron chi connectivity index (χ1n) is 8.68. The number of aromatic nitrogens is 1. The van der Waals surface area contributed by atoms with E-state index in [0.717, 1.165) is 10.8 Å². The second-order valence-electron chi connectivity index (χ2n) is 5.92. The van der Waals surface area contributed by atoms with Gasteiger partial charge >= 0.3 is 6.61 Å². The second-order valence-corrected chi connectivity index (χ2v) is 6.75. The number of guanidine groups is 1. The minimum Gasteiger partial charge on any atom is -0.497 e. The largest absolute Gasteiger partial charge is 0.497 e. The van der Waals surface area contributed by atoms with E-state index in [2.05, 4.69) is 25.3 Å². The Balaban J connectivity index is 0.00000420. The lowest BCUT2D eigenvalue weighted by Gasteiger charge is -2.13. The zero-order valence-electron chi connectivity index (χ0n) is 16.7. The highest BCUT2D eigenvalue weighted by Gasteiger charge is 2.12. The summed E-state index contributed by atoms with van der Waals surface area (Å²) in [6.45, 7) is 0.356. The molecule has 2 rings (SSSR count). The first kappa shape index (κ1) is 25.1. The number of hydrogen-bond acceptors (Lipinski definition) is 6. The Hall–Kier alpha value is -1.89. The van der Waals surface area contributed by atoms with Crippen LogP contribution >= 0.6 is 35.3 Å². The van der Waals surface area contributed by atoms with Gasteiger partial charge in [-0.25, -0.2) is 9.98 Å². The molecule has 2 aromatic rings. The van der Waals surface area contributed by atoms with E-state index in [0.29, 0.717) is 30.4 Å². The average Bonchev–Trinajstić information content (AvgIpc) is 3.13. The number of ether oxygens (including phenoxy) is 2. The van der Waals surface area contributed by atoms with Gasteiger partial charge < -0.3 is 25.0 Å². The Bertz CT molecular complexity index is 789. The van der Waals surface area contributed by atoms with Crippen molar-refractivity contribution in [2.24, 2.45) is 4.99 Å². The summed E-state index contributed by atoms with van der Waals surface area (Å²) >= 11 is 1.56. The third kappa shape index (κ3) is 8.17. The molecule has 2 N–H and O–H groups in total. The Kier molecular flexibility index (Phi) is 10.9. The van der Waals surface area contributed by atoms with Crippen LogP contribution in [0.5, 0.6) is 11.5 Å². The standard InChI is InChI=1S/C18H25F2N5O2S.HI/c1-5-21-17(23-10-13-11-28-18(24-13)25(2)3)22-9-12-6-7-14(26-4)8-15(12)27-16(19)20;/h6-8,11,16H,5,9-10H2,1-4H3,(H2,21,22,23);1H. The Morgan fingerprint density at radius 2 is 2.07 bits per heavy atom. The molecule has 0 radical (unpaired) electrons. The van der Waals surface area contributed by atoms with Crippen LogP contribution in [0.1, 0.15) is 18.2 Å². The van der Waals surface area contributed by atoms with Crippen LogP contribution in [0.3, 0.4) is 0 Å². The first-order chi connectivity index (χ1) is 13.4. The van der Waals surface area contributed by atoms with E-state index in [1.54, 1.807) is 23.5 Å². The molecule has 0 aliphatic carbocycles. The maximum atomic E-state index is 12.7. The van der Waals surface area contributed by atoms with Crippen LogP contribution in [0.4, 0.5) is 13.9 Å². The normalized spacial score (nSPS) is 11.1. The number of anilines is 1. The molecule has 0 fully saturated rings. The van der Waals surface area contributed by atoms with Crippen LogP contribution in [0.15, 0.2) is 28.6 Å². The van der Waals surface area contributed by atoms with Crippen LogP contribution in [0.2, 0.25) is 0 Å². The summed E-state index contributed by atoms with van der Waals surface area (Å²) in [7, 11) is 5.34. The van der Waals surface area contributed by atoms with E-state index < -0.39 is 6.61 Å². The minimum atomic E-state index is -2.92. The predicted octanol–water partition coefficient (Wildman–Crippen LogP) is 3.69. The third-order valence-electron chi connectivity index (χ3n) is 3.60. The summed E-state index contributed by atoms with van der Waals surface area (Å²) in [5.74, 6) is 1.04. The van der Waals surface area contributed by atoms with Crippen molar-refractivity contribution < 1.29 is 18.3 Å². The number of methoxy groups -OCH3 is 1. The first-order valence-corrected chi connectivity index (χ1v) is 9.56. The van der Waals surface area contributed by atoms with E-state index in [1.807, 2.05) is 31.3 Å². The van der Waals surface area contributed by atoms with Gasteiger partial charge in [-0.3, -0.25) is 0 Å². The van der Waals surface area contributed by atoms with Crippen LogP contribution in [-0.4, -0.2) is 45.3 Å². The summed E-state index contributed by atoms with van der Waals surface area (Å²) in [6.07, 6.45) is 0. The number of benzene rings is 1. The molecule has 0 aliphatic heterocycles. The van der Waals surface area contributed by atoms with E-state index in [-0.39, 0.29) is 36.3 Å². The maximum absolute atomic E-state index is 12.7. The van der Waals surface area contributed by atoms with Crippen LogP contribution < -0.4 is 25.0 Å². The van der Waals surface area contributed by atoms with Gasteiger partial charge in [-0.05, 0) is 19.1 Å². The lowest BCUT2D eigenvalue weighted by molar-refractivity contribution is -0.0505. The van der Waals surface area contributed by atoms with E-state index in [1.165, 1.54) is 13.2 Å². The van der Waals surface area contributed by atoms with Crippen molar-refractivity contribution in [3.8, 4) is 11.5 Å². The molecule has 0 unspecified atom stereocenters. The lowest BCUT2D eigenvalue weighted by Crippen LogP contribution is -2.36. The summed E-state index contributed by atoms with van der Waals surface area (Å²) < 4.78 is 35.0. The van der Waals surface area contributed by atoms with Gasteiger partial charge in [0.05, 0.1) is 25.9 Å². The highest BCUT2D eigenvalue weighted by atomic mass is 127. The molecule has 1 aromatic heterocycles. The molecule has 0 bridgehead atoms. The zero-order valence-corrected chi connectivity index (χ0v) is 19.9. The second kappa shape index (κ2) is 12.6. The molecule has 1 aromatic carbocycles. The van der Waals surface area contributed by atoms with Crippen molar-refractivity contribution in [2.75, 3.05) is 32.6 Å². The van der Waals surface area contributed by atoms with Gasteiger partial charge in [0, 0.05) is 37.6 Å². The molecule has 0 amide bonds. The van der Waals surface area contributed by atoms with Gasteiger partial charge in [0.25, 0.3) is 0 Å². The molecule has 0 atom stereocenters. The molecule has 29 heavy (non-hydrogen) atoms. The molecule has 11 heteroatoms. The Morgan fingerprint density at radius 1 is 1.31 bits per heavy atom. The Labute approximate surface area is 190 Å². The number of alkyl halides is 2. The Morgan fingerprint density at radius 3 is 2.66 bits per heavy atom. The average molecular weight is 541 g/mol. The molecule has 0 spiro atoms. The lowest BCUT2D eigenvalue weighted by atomic mass is 10.2. The van der Waals surface area contributed by atoms with Gasteiger partial charge in [-0.15, -0.1) is 35.3 Å². The van der Waals surface area contributed by atoms with Crippen molar-refractivity contribution in [3.05, 3.63) is 34.8 Å². The molecular weight excluding hydrogens is 515 g/mol. The smallest absolute Gasteiger partial charge is 0.387 e. The molecule has 162 valence electrons. The predicted molar refractivity (Wildman–Crippen MR) is 123 cm³/mol. The van der Waals surface area contributed by atoms with Crippen molar-refractivity contribution in [2.45, 2.75) is 26.6 Å². The molecule has 0 aliphatic rings. The van der Waals surface area contributed by atoms with Gasteiger partial charge in [0.15, 0.2) is 11.1 Å². The number of halogens is 3. The fourth-order valence-electron chi connectivity index (χ4n) is 2.26. The maximum Gasteiger partial charge on any atom is 0.387 e. The van der Waals surface area contributed by atoms with Gasteiger partial charge in [-0.1, -0.05) is 0 Å². The van der Waals surface area contributed by atoms with E-state index >= 15 is 0 Å². The molecule has 7 nitrogen and oxygen atoms in total. The summed E-state index contributed by atoms with van der Waals surface area (Å²) in [6, 6.07) is 4.77. The van der Waals surface area contributed by atoms with Crippen LogP contribution in [-0.2, 0) is 13.1 Å². The monoisotopic (exact) mass is 541 g/mol. The summed E-state index contributed by atoms with van der Waals surface area (Å²) in [5, 5.41) is 9.22. The summed E-state index contributed by atoms with van der Waals surface area (Å²) in [5.41, 5.74) is 1.42. The van der Waals surface area contributed by atoms with E-state index in [4.69, 9.17) is 4.74 Å². The highest BCUT2D eigenvalue weighted by molar-refractivity contribution is 14.0. The fourth-order valence-corrected chi connectivity index (χ4v) is 3.02. The number of hydrogen-bond donors (Lipinski definition) is 2. The van der Waals surface area contributed by atoms with Crippen molar-refractivity contribution in [1.29, 1.82) is 0 Å². The molecular formula is C18H26F2IN5O2S. The van der Waals surface area contributed by atoms with Crippen molar-refractivity contribution in [3.63, 3.8) is 0 Å². The fraction of sp³-hybridized carbons (Fsp3) is 0.444. The molecule has 0 saturated carbocycles. The topological polar surface area (TPSA) is 71.0 Å². The molecule has 1 heterocycles. The number of aliphatic imine (C=N–C) groups is 1. The quantitative estimate of drug-likeness (QED) is 0.287. The van der Waals surface area contributed by atoms with Crippen molar-refractivity contribution >= 4 is 46.4 Å². The third-order valence-corrected chi connectivity index (χ3v) is 4.66. The van der Waals surface area contributed by atoms with Gasteiger partial charge in [0.2, 0.25) is 0 Å². The number of thiazole rings is 1. The number of rotatable bonds is 9. The highest BCUT2D eigenvalue weighted by Crippen LogP contribution is 2.27. The van der Waals surface area contributed by atoms with Crippen LogP contribution in [0.25, 0.3) is 0 Å². The zero-order chi connectivity index (χ0) is 20.5. The molecule has 0 saturated heterocycles. The van der Waals surface area contributed by atoms with Crippen molar-refractivity contribution in [1.82, 2.24) is 15.6 Å². The number of nitrogens with zero attached hydrogens (tertiary/aromatic N) is 3. The minimum absolute atomic E-state index is 0.